The summed E-state index contributed by atoms with van der Waals surface area (Å²) in [6.45, 7) is 5.00. The second-order valence-electron chi connectivity index (χ2n) is 27.0. The van der Waals surface area contributed by atoms with Crippen LogP contribution in [0.2, 0.25) is 0 Å². The molecule has 6 heteroatoms. The van der Waals surface area contributed by atoms with Gasteiger partial charge in [0.25, 0.3) is 0 Å². The van der Waals surface area contributed by atoms with Crippen LogP contribution in [-0.2, 0) is 14.3 Å². The lowest BCUT2D eigenvalue weighted by Gasteiger charge is -2.22. The molecule has 0 fully saturated rings. The predicted molar refractivity (Wildman–Crippen MR) is 375 cm³/mol. The summed E-state index contributed by atoms with van der Waals surface area (Å²) < 4.78 is 5.51. The third-order valence-corrected chi connectivity index (χ3v) is 18.5. The Hall–Kier alpha value is -1.66. The van der Waals surface area contributed by atoms with Gasteiger partial charge in [0.2, 0.25) is 5.91 Å². The zero-order valence-electron chi connectivity index (χ0n) is 57.9. The summed E-state index contributed by atoms with van der Waals surface area (Å²) in [7, 11) is 0. The molecule has 0 saturated heterocycles. The number of carbonyl (C=O) groups excluding carboxylic acids is 2. The molecule has 0 aliphatic heterocycles. The fourth-order valence-corrected chi connectivity index (χ4v) is 12.6. The Balaban J connectivity index is 3.39. The number of rotatable bonds is 74. The number of hydrogen-bond donors (Lipinski definition) is 3. The van der Waals surface area contributed by atoms with Gasteiger partial charge in [-0.3, -0.25) is 9.59 Å². The zero-order chi connectivity index (χ0) is 61.3. The number of carbonyl (C=O) groups is 2. The van der Waals surface area contributed by atoms with E-state index in [1.165, 1.54) is 366 Å². The van der Waals surface area contributed by atoms with Gasteiger partial charge in [-0.15, -0.1) is 0 Å². The molecule has 504 valence electrons. The molecule has 85 heavy (non-hydrogen) atoms. The minimum atomic E-state index is -0.666. The Morgan fingerprint density at radius 1 is 0.329 bits per heavy atom. The van der Waals surface area contributed by atoms with Crippen molar-refractivity contribution in [2.24, 2.45) is 0 Å². The van der Waals surface area contributed by atoms with Crippen LogP contribution >= 0.6 is 0 Å². The molecule has 1 amide bonds. The molecule has 0 saturated carbocycles. The summed E-state index contributed by atoms with van der Waals surface area (Å²) in [6.07, 6.45) is 95.4. The van der Waals surface area contributed by atoms with Gasteiger partial charge in [0.05, 0.1) is 25.4 Å². The minimum Gasteiger partial charge on any atom is -0.466 e. The predicted octanol–water partition coefficient (Wildman–Crippen LogP) is 25.7. The van der Waals surface area contributed by atoms with Crippen LogP contribution in [0.5, 0.6) is 0 Å². The first-order valence-electron chi connectivity index (χ1n) is 39.1. The van der Waals surface area contributed by atoms with E-state index < -0.39 is 12.1 Å². The van der Waals surface area contributed by atoms with Gasteiger partial charge in [-0.1, -0.05) is 398 Å². The van der Waals surface area contributed by atoms with E-state index in [-0.39, 0.29) is 18.5 Å². The number of aliphatic hydroxyl groups excluding tert-OH is 2. The maximum Gasteiger partial charge on any atom is 0.305 e. The Kier molecular flexibility index (Phi) is 73.3. The molecular weight excluding hydrogens is 1040 g/mol. The van der Waals surface area contributed by atoms with Crippen molar-refractivity contribution in [3.63, 3.8) is 0 Å². The second-order valence-corrected chi connectivity index (χ2v) is 27.0. The maximum absolute atomic E-state index is 12.6. The molecule has 2 unspecified atom stereocenters. The van der Waals surface area contributed by atoms with Crippen LogP contribution in [0.25, 0.3) is 0 Å². The number of ether oxygens (including phenoxy) is 1. The molecular formula is C79H153NO5. The summed E-state index contributed by atoms with van der Waals surface area (Å²) in [5.41, 5.74) is 0. The molecule has 3 N–H and O–H groups in total. The lowest BCUT2D eigenvalue weighted by Crippen LogP contribution is -2.45. The smallest absolute Gasteiger partial charge is 0.305 e. The Morgan fingerprint density at radius 3 is 0.894 bits per heavy atom. The minimum absolute atomic E-state index is 0.0171. The van der Waals surface area contributed by atoms with Crippen LogP contribution < -0.4 is 5.32 Å². The van der Waals surface area contributed by atoms with Gasteiger partial charge in [0, 0.05) is 12.8 Å². The molecule has 0 aromatic rings. The third-order valence-electron chi connectivity index (χ3n) is 18.5. The molecule has 6 nitrogen and oxygen atoms in total. The van der Waals surface area contributed by atoms with Crippen molar-refractivity contribution in [2.45, 2.75) is 456 Å². The van der Waals surface area contributed by atoms with Gasteiger partial charge in [-0.2, -0.15) is 0 Å². The van der Waals surface area contributed by atoms with E-state index >= 15 is 0 Å². The Labute approximate surface area is 532 Å². The molecule has 0 aromatic carbocycles. The van der Waals surface area contributed by atoms with Crippen molar-refractivity contribution in [2.75, 3.05) is 13.2 Å². The maximum atomic E-state index is 12.6. The summed E-state index contributed by atoms with van der Waals surface area (Å²) in [5, 5.41) is 23.5. The molecule has 0 aromatic heterocycles. The van der Waals surface area contributed by atoms with Gasteiger partial charge >= 0.3 is 5.97 Å². The number of unbranched alkanes of at least 4 members (excludes halogenated alkanes) is 59. The zero-order valence-corrected chi connectivity index (χ0v) is 57.9. The van der Waals surface area contributed by atoms with Crippen LogP contribution in [0.1, 0.15) is 444 Å². The summed E-state index contributed by atoms with van der Waals surface area (Å²) in [4.78, 5) is 24.7. The highest BCUT2D eigenvalue weighted by atomic mass is 16.5. The molecule has 2 atom stereocenters. The lowest BCUT2D eigenvalue weighted by atomic mass is 10.0. The first-order chi connectivity index (χ1) is 42.0. The second kappa shape index (κ2) is 74.8. The quantitative estimate of drug-likeness (QED) is 0.0320. The Bertz CT molecular complexity index is 1330. The summed E-state index contributed by atoms with van der Waals surface area (Å²) in [6, 6.07) is -0.543. The van der Waals surface area contributed by atoms with Crippen LogP contribution in [-0.4, -0.2) is 47.4 Å². The van der Waals surface area contributed by atoms with E-state index in [0.717, 1.165) is 44.9 Å². The van der Waals surface area contributed by atoms with Crippen molar-refractivity contribution >= 4 is 11.9 Å². The Morgan fingerprint density at radius 2 is 0.588 bits per heavy atom. The number of nitrogens with one attached hydrogen (secondary N) is 1. The number of hydrogen-bond acceptors (Lipinski definition) is 5. The lowest BCUT2D eigenvalue weighted by molar-refractivity contribution is -0.143. The van der Waals surface area contributed by atoms with Gasteiger partial charge in [-0.25, -0.2) is 0 Å². The highest BCUT2D eigenvalue weighted by Gasteiger charge is 2.20. The fourth-order valence-electron chi connectivity index (χ4n) is 12.6. The van der Waals surface area contributed by atoms with E-state index in [1.54, 1.807) is 0 Å². The van der Waals surface area contributed by atoms with Gasteiger partial charge in [-0.05, 0) is 57.8 Å². The first-order valence-corrected chi connectivity index (χ1v) is 39.1. The number of esters is 1. The largest absolute Gasteiger partial charge is 0.466 e. The molecule has 0 aliphatic rings. The van der Waals surface area contributed by atoms with Crippen molar-refractivity contribution in [3.8, 4) is 0 Å². The average Bonchev–Trinajstić information content (AvgIpc) is 3.51. The van der Waals surface area contributed by atoms with Gasteiger partial charge < -0.3 is 20.3 Å². The summed E-state index contributed by atoms with van der Waals surface area (Å²) in [5.74, 6) is -0.0137. The van der Waals surface area contributed by atoms with Crippen LogP contribution in [0.4, 0.5) is 0 Å². The fraction of sp³-hybridized carbons (Fsp3) is 0.924. The van der Waals surface area contributed by atoms with Crippen LogP contribution in [0.15, 0.2) is 24.3 Å². The molecule has 0 heterocycles. The molecule has 0 rings (SSSR count). The van der Waals surface area contributed by atoms with Crippen molar-refractivity contribution < 1.29 is 24.5 Å². The molecule has 0 radical (unpaired) electrons. The highest BCUT2D eigenvalue weighted by molar-refractivity contribution is 5.76. The first kappa shape index (κ1) is 83.3. The number of allylic oxidation sites excluding steroid dienone is 4. The van der Waals surface area contributed by atoms with Crippen LogP contribution in [0.3, 0.4) is 0 Å². The highest BCUT2D eigenvalue weighted by Crippen LogP contribution is 2.20. The van der Waals surface area contributed by atoms with Crippen molar-refractivity contribution in [1.29, 1.82) is 0 Å². The molecule has 0 bridgehead atoms. The van der Waals surface area contributed by atoms with E-state index in [9.17, 15) is 19.8 Å². The standard InChI is InChI=1S/C79H153NO5/c1-3-5-7-9-11-13-15-17-19-21-22-23-33-36-40-43-47-51-55-59-63-67-71-77(82)76(75-81)80-78(83)72-68-64-60-56-52-48-44-41-37-34-31-29-27-25-24-26-28-30-32-35-38-42-46-50-54-58-62-66-70-74-85-79(84)73-69-65-61-57-53-49-45-39-20-18-16-14-12-10-8-6-4-2/h24,26,30,32,76-77,81-82H,3-23,25,27-29,31,33-75H2,1-2H3,(H,80,83)/b26-24-,32-30-. The normalized spacial score (nSPS) is 12.6. The average molecular weight is 1200 g/mol. The van der Waals surface area contributed by atoms with Gasteiger partial charge in [0.15, 0.2) is 0 Å². The van der Waals surface area contributed by atoms with E-state index in [0.29, 0.717) is 25.9 Å². The van der Waals surface area contributed by atoms with Gasteiger partial charge in [0.1, 0.15) is 0 Å². The van der Waals surface area contributed by atoms with E-state index in [1.807, 2.05) is 0 Å². The van der Waals surface area contributed by atoms with E-state index in [2.05, 4.69) is 43.5 Å². The van der Waals surface area contributed by atoms with Crippen molar-refractivity contribution in [1.82, 2.24) is 5.32 Å². The van der Waals surface area contributed by atoms with E-state index in [4.69, 9.17) is 4.74 Å². The molecule has 0 aliphatic carbocycles. The third kappa shape index (κ3) is 71.3. The monoisotopic (exact) mass is 1200 g/mol. The SMILES string of the molecule is CCCCCCCCCCCCCCCCCCCCCCCCC(O)C(CO)NC(=O)CCCCCCCCCCCCCCC/C=C\C/C=C\CCCCCCCCCCCOC(=O)CCCCCCCCCCCCCCCCCCC. The number of aliphatic hydroxyl groups is 2. The summed E-state index contributed by atoms with van der Waals surface area (Å²) >= 11 is 0. The van der Waals surface area contributed by atoms with Crippen LogP contribution in [0, 0.1) is 0 Å². The van der Waals surface area contributed by atoms with Crippen molar-refractivity contribution in [3.05, 3.63) is 24.3 Å². The molecule has 0 spiro atoms. The number of amides is 1. The topological polar surface area (TPSA) is 95.9 Å².